The Bertz CT molecular complexity index is 797. The van der Waals surface area contributed by atoms with Gasteiger partial charge >= 0.3 is 5.97 Å². The van der Waals surface area contributed by atoms with Crippen molar-refractivity contribution in [2.45, 2.75) is 13.5 Å². The zero-order chi connectivity index (χ0) is 15.9. The van der Waals surface area contributed by atoms with Gasteiger partial charge in [-0.15, -0.1) is 11.3 Å². The van der Waals surface area contributed by atoms with Crippen molar-refractivity contribution in [1.82, 2.24) is 14.5 Å². The van der Waals surface area contributed by atoms with Crippen molar-refractivity contribution in [2.75, 3.05) is 13.1 Å². The molecular formula is C14H15N3O4S. The summed E-state index contributed by atoms with van der Waals surface area (Å²) in [6, 6.07) is 1.69. The Morgan fingerprint density at radius 3 is 2.91 bits per heavy atom. The maximum Gasteiger partial charge on any atom is 0.308 e. The van der Waals surface area contributed by atoms with Gasteiger partial charge in [0.2, 0.25) is 5.91 Å². The van der Waals surface area contributed by atoms with Gasteiger partial charge in [-0.25, -0.2) is 4.98 Å². The summed E-state index contributed by atoms with van der Waals surface area (Å²) in [5.74, 6) is -1.77. The number of carboxylic acid groups (broad SMARTS) is 1. The quantitative estimate of drug-likeness (QED) is 0.895. The van der Waals surface area contributed by atoms with E-state index in [4.69, 9.17) is 5.11 Å². The van der Waals surface area contributed by atoms with Crippen LogP contribution in [0, 0.1) is 11.8 Å². The molecule has 1 aliphatic heterocycles. The van der Waals surface area contributed by atoms with Crippen LogP contribution >= 0.6 is 11.3 Å². The van der Waals surface area contributed by atoms with Crippen LogP contribution in [0.5, 0.6) is 0 Å². The highest BCUT2D eigenvalue weighted by molar-refractivity contribution is 7.16. The summed E-state index contributed by atoms with van der Waals surface area (Å²) in [5, 5.41) is 11.4. The molecule has 7 nitrogen and oxygen atoms in total. The van der Waals surface area contributed by atoms with E-state index in [-0.39, 0.29) is 30.5 Å². The molecule has 3 heterocycles. The molecule has 8 heteroatoms. The summed E-state index contributed by atoms with van der Waals surface area (Å²) in [4.78, 5) is 42.0. The molecule has 0 saturated carbocycles. The van der Waals surface area contributed by atoms with E-state index in [1.54, 1.807) is 11.4 Å². The molecule has 0 bridgehead atoms. The molecule has 1 aliphatic rings. The number of carbonyl (C=O) groups is 2. The number of thiophene rings is 1. The zero-order valence-corrected chi connectivity index (χ0v) is 12.7. The molecular weight excluding hydrogens is 306 g/mol. The van der Waals surface area contributed by atoms with Gasteiger partial charge in [-0.05, 0) is 17.4 Å². The maximum atomic E-state index is 12.3. The molecule has 3 rings (SSSR count). The number of nitrogens with zero attached hydrogens (tertiary/aromatic N) is 3. The van der Waals surface area contributed by atoms with Crippen molar-refractivity contribution in [2.24, 2.45) is 11.8 Å². The average molecular weight is 321 g/mol. The molecule has 2 aromatic rings. The third-order valence-corrected chi connectivity index (χ3v) is 4.86. The molecule has 0 spiro atoms. The van der Waals surface area contributed by atoms with E-state index in [1.807, 2.05) is 6.92 Å². The van der Waals surface area contributed by atoms with E-state index >= 15 is 0 Å². The molecule has 0 unspecified atom stereocenters. The molecule has 0 aromatic carbocycles. The summed E-state index contributed by atoms with van der Waals surface area (Å²) < 4.78 is 1.27. The Morgan fingerprint density at radius 1 is 1.45 bits per heavy atom. The lowest BCUT2D eigenvalue weighted by atomic mass is 9.99. The number of carbonyl (C=O) groups excluding carboxylic acids is 1. The Labute approximate surface area is 129 Å². The lowest BCUT2D eigenvalue weighted by Gasteiger charge is -2.16. The van der Waals surface area contributed by atoms with Crippen LogP contribution < -0.4 is 5.56 Å². The number of fused-ring (bicyclic) bond motifs is 1. The Morgan fingerprint density at radius 2 is 2.23 bits per heavy atom. The molecule has 0 radical (unpaired) electrons. The molecule has 1 fully saturated rings. The van der Waals surface area contributed by atoms with Crippen LogP contribution in [0.4, 0.5) is 0 Å². The first-order valence-electron chi connectivity index (χ1n) is 6.90. The predicted octanol–water partition coefficient (Wildman–Crippen LogP) is 0.637. The first-order chi connectivity index (χ1) is 10.5. The Kier molecular flexibility index (Phi) is 3.69. The predicted molar refractivity (Wildman–Crippen MR) is 80.7 cm³/mol. The minimum atomic E-state index is -0.888. The number of likely N-dealkylation sites (tertiary alicyclic amines) is 1. The number of rotatable bonds is 3. The Hall–Kier alpha value is -2.22. The SMILES string of the molecule is C[C@@H]1CN(C(=O)Cn2cnc3sccc3c2=O)C[C@H]1C(=O)O. The van der Waals surface area contributed by atoms with E-state index in [9.17, 15) is 14.4 Å². The van der Waals surface area contributed by atoms with Crippen LogP contribution in [0.3, 0.4) is 0 Å². The first kappa shape index (κ1) is 14.7. The van der Waals surface area contributed by atoms with Crippen LogP contribution in [-0.2, 0) is 16.1 Å². The number of hydrogen-bond acceptors (Lipinski definition) is 5. The van der Waals surface area contributed by atoms with Crippen molar-refractivity contribution in [3.63, 3.8) is 0 Å². The fourth-order valence-electron chi connectivity index (χ4n) is 2.74. The summed E-state index contributed by atoms with van der Waals surface area (Å²) in [5.41, 5.74) is -0.248. The molecule has 1 amide bonds. The number of hydrogen-bond donors (Lipinski definition) is 1. The standard InChI is InChI=1S/C14H15N3O4S/c1-8-4-16(5-10(8)14(20)21)11(18)6-17-7-15-12-9(13(17)19)2-3-22-12/h2-3,7-8,10H,4-6H2,1H3,(H,20,21)/t8-,10-/m1/s1. The third kappa shape index (κ3) is 2.50. The maximum absolute atomic E-state index is 12.3. The smallest absolute Gasteiger partial charge is 0.308 e. The van der Waals surface area contributed by atoms with Crippen LogP contribution in [0.2, 0.25) is 0 Å². The van der Waals surface area contributed by atoms with Crippen molar-refractivity contribution in [3.8, 4) is 0 Å². The van der Waals surface area contributed by atoms with Crippen molar-refractivity contribution >= 4 is 33.4 Å². The molecule has 0 aliphatic carbocycles. The molecule has 22 heavy (non-hydrogen) atoms. The van der Waals surface area contributed by atoms with Crippen molar-refractivity contribution < 1.29 is 14.7 Å². The lowest BCUT2D eigenvalue weighted by molar-refractivity contribution is -0.142. The monoisotopic (exact) mass is 321 g/mol. The van der Waals surface area contributed by atoms with Crippen LogP contribution in [0.15, 0.2) is 22.6 Å². The van der Waals surface area contributed by atoms with Crippen LogP contribution in [0.25, 0.3) is 10.2 Å². The van der Waals surface area contributed by atoms with E-state index in [2.05, 4.69) is 4.98 Å². The minimum absolute atomic E-state index is 0.0874. The van der Waals surface area contributed by atoms with Gasteiger partial charge in [0.05, 0.1) is 17.6 Å². The highest BCUT2D eigenvalue weighted by Gasteiger charge is 2.36. The molecule has 2 aromatic heterocycles. The van der Waals surface area contributed by atoms with Gasteiger partial charge < -0.3 is 10.0 Å². The summed E-state index contributed by atoms with van der Waals surface area (Å²) in [7, 11) is 0. The zero-order valence-electron chi connectivity index (χ0n) is 11.9. The van der Waals surface area contributed by atoms with Gasteiger partial charge in [-0.1, -0.05) is 6.92 Å². The molecule has 2 atom stereocenters. The second-order valence-electron chi connectivity index (χ2n) is 5.54. The third-order valence-electron chi connectivity index (χ3n) is 4.04. The summed E-state index contributed by atoms with van der Waals surface area (Å²) in [6.07, 6.45) is 1.37. The van der Waals surface area contributed by atoms with E-state index in [1.165, 1.54) is 27.1 Å². The van der Waals surface area contributed by atoms with Crippen LogP contribution in [0.1, 0.15) is 6.92 Å². The van der Waals surface area contributed by atoms with Gasteiger partial charge in [0, 0.05) is 13.1 Å². The number of aromatic nitrogens is 2. The lowest BCUT2D eigenvalue weighted by Crippen LogP contribution is -2.35. The first-order valence-corrected chi connectivity index (χ1v) is 7.78. The number of aliphatic carboxylic acids is 1. The second-order valence-corrected chi connectivity index (χ2v) is 6.43. The fourth-order valence-corrected chi connectivity index (χ4v) is 3.47. The van der Waals surface area contributed by atoms with Gasteiger partial charge in [0.15, 0.2) is 0 Å². The normalized spacial score (nSPS) is 21.4. The molecule has 1 N–H and O–H groups in total. The van der Waals surface area contributed by atoms with Crippen LogP contribution in [-0.4, -0.2) is 44.5 Å². The Balaban J connectivity index is 1.78. The fraction of sp³-hybridized carbons (Fsp3) is 0.429. The van der Waals surface area contributed by atoms with Gasteiger partial charge in [0.25, 0.3) is 5.56 Å². The number of carboxylic acids is 1. The van der Waals surface area contributed by atoms with Gasteiger partial charge in [0.1, 0.15) is 11.4 Å². The van der Waals surface area contributed by atoms with E-state index < -0.39 is 11.9 Å². The van der Waals surface area contributed by atoms with Crippen molar-refractivity contribution in [3.05, 3.63) is 28.1 Å². The largest absolute Gasteiger partial charge is 0.481 e. The number of amides is 1. The second kappa shape index (κ2) is 5.53. The van der Waals surface area contributed by atoms with Crippen molar-refractivity contribution in [1.29, 1.82) is 0 Å². The summed E-state index contributed by atoms with van der Waals surface area (Å²) >= 11 is 1.37. The summed E-state index contributed by atoms with van der Waals surface area (Å²) in [6.45, 7) is 2.30. The molecule has 1 saturated heterocycles. The van der Waals surface area contributed by atoms with Gasteiger partial charge in [-0.3, -0.25) is 19.0 Å². The average Bonchev–Trinajstić information content (AvgIpc) is 3.08. The highest BCUT2D eigenvalue weighted by Crippen LogP contribution is 2.23. The van der Waals surface area contributed by atoms with Gasteiger partial charge in [-0.2, -0.15) is 0 Å². The topological polar surface area (TPSA) is 92.5 Å². The minimum Gasteiger partial charge on any atom is -0.481 e. The van der Waals surface area contributed by atoms with E-state index in [0.717, 1.165) is 0 Å². The highest BCUT2D eigenvalue weighted by atomic mass is 32.1. The molecule has 116 valence electrons. The van der Waals surface area contributed by atoms with E-state index in [0.29, 0.717) is 16.8 Å².